The molecule has 3 heterocycles. The first kappa shape index (κ1) is 29.1. The lowest BCUT2D eigenvalue weighted by Crippen LogP contribution is -2.44. The zero-order chi connectivity index (χ0) is 26.4. The quantitative estimate of drug-likeness (QED) is 0.307. The van der Waals surface area contributed by atoms with Crippen molar-refractivity contribution in [3.05, 3.63) is 50.1 Å². The number of fused-ring (bicyclic) bond motifs is 1. The zero-order valence-electron chi connectivity index (χ0n) is 21.2. The average Bonchev–Trinajstić information content (AvgIpc) is 3.28. The van der Waals surface area contributed by atoms with Gasteiger partial charge in [0.2, 0.25) is 5.95 Å². The van der Waals surface area contributed by atoms with Crippen LogP contribution < -0.4 is 26.2 Å². The van der Waals surface area contributed by atoms with Gasteiger partial charge in [-0.25, -0.2) is 4.79 Å². The fraction of sp³-hybridized carbons (Fsp3) is 0.440. The molecule has 204 valence electrons. The van der Waals surface area contributed by atoms with Gasteiger partial charge in [-0.15, -0.1) is 18.3 Å². The Labute approximate surface area is 230 Å². The van der Waals surface area contributed by atoms with E-state index in [1.165, 1.54) is 4.57 Å². The molecule has 0 aliphatic carbocycles. The predicted octanol–water partition coefficient (Wildman–Crippen LogP) is 1.51. The van der Waals surface area contributed by atoms with Crippen molar-refractivity contribution >= 4 is 47.1 Å². The van der Waals surface area contributed by atoms with Crippen LogP contribution in [0.15, 0.2) is 33.9 Å². The number of anilines is 1. The van der Waals surface area contributed by atoms with Gasteiger partial charge in [0.1, 0.15) is 18.9 Å². The highest BCUT2D eigenvalue weighted by molar-refractivity contribution is 6.30. The van der Waals surface area contributed by atoms with Crippen LogP contribution in [0.4, 0.5) is 5.95 Å². The second-order valence-corrected chi connectivity index (χ2v) is 8.70. The van der Waals surface area contributed by atoms with Gasteiger partial charge in [0.15, 0.2) is 11.2 Å². The van der Waals surface area contributed by atoms with Crippen molar-refractivity contribution in [2.75, 3.05) is 44.3 Å². The van der Waals surface area contributed by atoms with Crippen molar-refractivity contribution in [2.45, 2.75) is 33.5 Å². The summed E-state index contributed by atoms with van der Waals surface area (Å²) >= 11 is 5.92. The molecule has 1 fully saturated rings. The number of carbonyl (C=O) groups excluding carboxylic acids is 1. The maximum Gasteiger partial charge on any atom is 0.333 e. The Kier molecular flexibility index (Phi) is 10.2. The van der Waals surface area contributed by atoms with E-state index in [0.29, 0.717) is 29.8 Å². The van der Waals surface area contributed by atoms with Crippen LogP contribution in [-0.4, -0.2) is 64.0 Å². The van der Waals surface area contributed by atoms with Crippen LogP contribution in [0.5, 0.6) is 5.75 Å². The number of halogens is 2. The molecule has 4 rings (SSSR count). The number of carbonyl (C=O) groups is 1. The molecule has 13 heteroatoms. The van der Waals surface area contributed by atoms with E-state index in [0.717, 1.165) is 17.7 Å². The molecule has 0 amide bonds. The van der Waals surface area contributed by atoms with Gasteiger partial charge in [-0.3, -0.25) is 23.3 Å². The molecule has 1 aliphatic heterocycles. The van der Waals surface area contributed by atoms with E-state index in [4.69, 9.17) is 26.1 Å². The van der Waals surface area contributed by atoms with E-state index in [1.54, 1.807) is 42.7 Å². The molecule has 1 N–H and O–H groups in total. The van der Waals surface area contributed by atoms with Gasteiger partial charge < -0.3 is 19.7 Å². The van der Waals surface area contributed by atoms with Crippen molar-refractivity contribution < 1.29 is 14.3 Å². The Morgan fingerprint density at radius 1 is 1.13 bits per heavy atom. The summed E-state index contributed by atoms with van der Waals surface area (Å²) in [6, 6.07) is 6.77. The maximum absolute atomic E-state index is 13.7. The smallest absolute Gasteiger partial charge is 0.333 e. The molecule has 1 aromatic carbocycles. The van der Waals surface area contributed by atoms with Gasteiger partial charge in [0.05, 0.1) is 19.7 Å². The minimum absolute atomic E-state index is 0. The summed E-state index contributed by atoms with van der Waals surface area (Å²) in [5.41, 5.74) is -0.856. The third-order valence-corrected chi connectivity index (χ3v) is 6.15. The lowest BCUT2D eigenvalue weighted by atomic mass is 10.3. The number of esters is 1. The number of aromatic nitrogens is 4. The first-order valence-corrected chi connectivity index (χ1v) is 12.5. The van der Waals surface area contributed by atoms with E-state index in [-0.39, 0.29) is 56.4 Å². The molecule has 38 heavy (non-hydrogen) atoms. The monoisotopic (exact) mass is 564 g/mol. The molecular weight excluding hydrogens is 535 g/mol. The first-order chi connectivity index (χ1) is 17.9. The number of hydrogen-bond donors (Lipinski definition) is 1. The number of benzene rings is 1. The second kappa shape index (κ2) is 13.4. The van der Waals surface area contributed by atoms with Crippen LogP contribution in [0.25, 0.3) is 11.2 Å². The molecule has 0 atom stereocenters. The molecule has 0 radical (unpaired) electrons. The van der Waals surface area contributed by atoms with E-state index in [1.807, 2.05) is 4.90 Å². The molecule has 0 saturated carbocycles. The number of imidazole rings is 1. The molecule has 0 unspecified atom stereocenters. The van der Waals surface area contributed by atoms with Crippen molar-refractivity contribution in [3.63, 3.8) is 0 Å². The topological polar surface area (TPSA) is 113 Å². The number of piperazine rings is 1. The van der Waals surface area contributed by atoms with Gasteiger partial charge in [0.25, 0.3) is 5.56 Å². The van der Waals surface area contributed by atoms with Crippen molar-refractivity contribution in [1.82, 2.24) is 24.0 Å². The van der Waals surface area contributed by atoms with Crippen molar-refractivity contribution in [1.29, 1.82) is 0 Å². The molecule has 3 aromatic rings. The molecular formula is C25H30Cl2N6O5. The number of ether oxygens (including phenoxy) is 2. The summed E-state index contributed by atoms with van der Waals surface area (Å²) in [5, 5.41) is 3.86. The van der Waals surface area contributed by atoms with Gasteiger partial charge >= 0.3 is 11.7 Å². The predicted molar refractivity (Wildman–Crippen MR) is 148 cm³/mol. The summed E-state index contributed by atoms with van der Waals surface area (Å²) in [7, 11) is 0. The largest absolute Gasteiger partial charge is 0.492 e. The molecule has 1 aliphatic rings. The fourth-order valence-electron chi connectivity index (χ4n) is 4.15. The molecule has 0 bridgehead atoms. The molecule has 2 aromatic heterocycles. The summed E-state index contributed by atoms with van der Waals surface area (Å²) in [6.45, 7) is 6.27. The third kappa shape index (κ3) is 6.32. The number of rotatable bonds is 9. The van der Waals surface area contributed by atoms with Crippen LogP contribution in [0.2, 0.25) is 5.02 Å². The zero-order valence-corrected chi connectivity index (χ0v) is 22.8. The number of nitrogens with zero attached hydrogens (tertiary/aromatic N) is 5. The van der Waals surface area contributed by atoms with Crippen LogP contribution >= 0.6 is 24.0 Å². The van der Waals surface area contributed by atoms with Crippen LogP contribution in [0, 0.1) is 11.8 Å². The highest BCUT2D eigenvalue weighted by Crippen LogP contribution is 2.21. The van der Waals surface area contributed by atoms with Crippen LogP contribution in [-0.2, 0) is 29.2 Å². The normalized spacial score (nSPS) is 13.0. The summed E-state index contributed by atoms with van der Waals surface area (Å²) < 4.78 is 14.8. The van der Waals surface area contributed by atoms with Gasteiger partial charge in [-0.2, -0.15) is 4.98 Å². The second-order valence-electron chi connectivity index (χ2n) is 8.27. The van der Waals surface area contributed by atoms with Gasteiger partial charge in [0, 0.05) is 31.2 Å². The lowest BCUT2D eigenvalue weighted by Gasteiger charge is -2.28. The maximum atomic E-state index is 13.7. The summed E-state index contributed by atoms with van der Waals surface area (Å²) in [4.78, 5) is 46.3. The first-order valence-electron chi connectivity index (χ1n) is 12.1. The highest BCUT2D eigenvalue weighted by Gasteiger charge is 2.26. The molecule has 11 nitrogen and oxygen atoms in total. The van der Waals surface area contributed by atoms with Crippen molar-refractivity contribution in [2.24, 2.45) is 0 Å². The average molecular weight is 565 g/mol. The lowest BCUT2D eigenvalue weighted by molar-refractivity contribution is -0.143. The minimum atomic E-state index is -0.664. The van der Waals surface area contributed by atoms with Crippen LogP contribution in [0.1, 0.15) is 13.8 Å². The fourth-order valence-corrected chi connectivity index (χ4v) is 4.28. The Morgan fingerprint density at radius 3 is 2.50 bits per heavy atom. The summed E-state index contributed by atoms with van der Waals surface area (Å²) in [6.07, 6.45) is 0. The molecule has 0 spiro atoms. The standard InChI is InChI=1S/C25H29ClN6O5.ClH/c1-3-5-12-30-21-22(28-24(30)29-13-10-27-11-14-29)32(17-20(33)36-4-2)25(35)31(23(21)34)15-16-37-19-8-6-18(26)7-9-19;/h6-9,27H,4,10-17H2,1-2H3;1H. The Balaban J connectivity index is 0.00000400. The Morgan fingerprint density at radius 2 is 1.84 bits per heavy atom. The van der Waals surface area contributed by atoms with E-state index in [9.17, 15) is 14.4 Å². The van der Waals surface area contributed by atoms with E-state index in [2.05, 4.69) is 17.2 Å². The van der Waals surface area contributed by atoms with Crippen molar-refractivity contribution in [3.8, 4) is 17.6 Å². The third-order valence-electron chi connectivity index (χ3n) is 5.90. The highest BCUT2D eigenvalue weighted by atomic mass is 35.5. The number of hydrogen-bond acceptors (Lipinski definition) is 8. The van der Waals surface area contributed by atoms with Gasteiger partial charge in [-0.1, -0.05) is 17.5 Å². The SMILES string of the molecule is CC#CCn1c(N2CCNCC2)nc2c1c(=O)n(CCOc1ccc(Cl)cc1)c(=O)n2CC(=O)OCC.Cl. The van der Waals surface area contributed by atoms with Gasteiger partial charge in [-0.05, 0) is 38.1 Å². The Hall–Kier alpha value is -3.46. The van der Waals surface area contributed by atoms with E-state index >= 15 is 0 Å². The molecule has 1 saturated heterocycles. The minimum Gasteiger partial charge on any atom is -0.492 e. The number of nitrogens with one attached hydrogen (secondary N) is 1. The van der Waals surface area contributed by atoms with Crippen LogP contribution in [0.3, 0.4) is 0 Å². The van der Waals surface area contributed by atoms with E-state index < -0.39 is 17.2 Å². The summed E-state index contributed by atoms with van der Waals surface area (Å²) in [5.74, 6) is 6.34. The Bertz CT molecular complexity index is 1450.